The van der Waals surface area contributed by atoms with Crippen molar-refractivity contribution in [1.82, 2.24) is 4.90 Å². The molecule has 1 unspecified atom stereocenters. The van der Waals surface area contributed by atoms with Crippen LogP contribution in [0.25, 0.3) is 0 Å². The molecule has 0 spiro atoms. The second-order valence-corrected chi connectivity index (χ2v) is 6.05. The minimum atomic E-state index is 0.0851. The van der Waals surface area contributed by atoms with Crippen molar-refractivity contribution >= 4 is 5.91 Å². The summed E-state index contributed by atoms with van der Waals surface area (Å²) in [6.45, 7) is 7.97. The molecule has 3 heteroatoms. The van der Waals surface area contributed by atoms with Gasteiger partial charge in [-0.15, -0.1) is 0 Å². The highest BCUT2D eigenvalue weighted by molar-refractivity contribution is 5.77. The Morgan fingerprint density at radius 1 is 1.38 bits per heavy atom. The number of carbonyl (C=O) groups excluding carboxylic acids is 1. The van der Waals surface area contributed by atoms with Crippen LogP contribution in [-0.4, -0.2) is 29.9 Å². The van der Waals surface area contributed by atoms with Crippen LogP contribution in [0.4, 0.5) is 0 Å². The van der Waals surface area contributed by atoms with Crippen molar-refractivity contribution in [3.05, 3.63) is 0 Å². The Kier molecular flexibility index (Phi) is 4.78. The number of nitrogens with two attached hydrogens (primary N) is 1. The molecule has 16 heavy (non-hydrogen) atoms. The number of rotatable bonds is 3. The standard InChI is InChI=1S/C13H26N2O/c1-13(2,3)10-12(16)15-9-5-4-6-11(15)7-8-14/h11H,4-10,14H2,1-3H3. The number of hydrogen-bond acceptors (Lipinski definition) is 2. The van der Waals surface area contributed by atoms with Crippen molar-refractivity contribution in [3.63, 3.8) is 0 Å². The van der Waals surface area contributed by atoms with E-state index >= 15 is 0 Å². The molecule has 0 aromatic carbocycles. The van der Waals surface area contributed by atoms with E-state index in [0.717, 1.165) is 25.8 Å². The highest BCUT2D eigenvalue weighted by Crippen LogP contribution is 2.25. The van der Waals surface area contributed by atoms with Crippen LogP contribution in [0.15, 0.2) is 0 Å². The van der Waals surface area contributed by atoms with Crippen LogP contribution in [0, 0.1) is 5.41 Å². The number of piperidine rings is 1. The minimum Gasteiger partial charge on any atom is -0.340 e. The summed E-state index contributed by atoms with van der Waals surface area (Å²) in [5.74, 6) is 0.311. The van der Waals surface area contributed by atoms with E-state index in [0.29, 0.717) is 24.9 Å². The summed E-state index contributed by atoms with van der Waals surface area (Å²) >= 11 is 0. The number of hydrogen-bond donors (Lipinski definition) is 1. The highest BCUT2D eigenvalue weighted by Gasteiger charge is 2.28. The van der Waals surface area contributed by atoms with Crippen molar-refractivity contribution in [3.8, 4) is 0 Å². The summed E-state index contributed by atoms with van der Waals surface area (Å²) in [7, 11) is 0. The molecule has 1 fully saturated rings. The first-order valence-electron chi connectivity index (χ1n) is 6.43. The fraction of sp³-hybridized carbons (Fsp3) is 0.923. The average Bonchev–Trinajstić information content (AvgIpc) is 2.16. The number of carbonyl (C=O) groups is 1. The van der Waals surface area contributed by atoms with Crippen LogP contribution in [0.1, 0.15) is 52.9 Å². The summed E-state index contributed by atoms with van der Waals surface area (Å²) in [5.41, 5.74) is 5.70. The lowest BCUT2D eigenvalue weighted by molar-refractivity contribution is -0.136. The molecule has 1 heterocycles. The van der Waals surface area contributed by atoms with Crippen LogP contribution in [0.3, 0.4) is 0 Å². The van der Waals surface area contributed by atoms with Crippen molar-refractivity contribution in [1.29, 1.82) is 0 Å². The Bertz CT molecular complexity index is 231. The van der Waals surface area contributed by atoms with E-state index in [1.807, 2.05) is 0 Å². The zero-order valence-electron chi connectivity index (χ0n) is 11.0. The molecule has 0 bridgehead atoms. The molecule has 1 saturated heterocycles. The lowest BCUT2D eigenvalue weighted by atomic mass is 9.90. The topological polar surface area (TPSA) is 46.3 Å². The summed E-state index contributed by atoms with van der Waals surface area (Å²) in [4.78, 5) is 14.3. The Balaban J connectivity index is 2.57. The first-order valence-corrected chi connectivity index (χ1v) is 6.43. The van der Waals surface area contributed by atoms with E-state index in [1.54, 1.807) is 0 Å². The third-order valence-electron chi connectivity index (χ3n) is 3.13. The maximum Gasteiger partial charge on any atom is 0.223 e. The lowest BCUT2D eigenvalue weighted by Gasteiger charge is -2.37. The maximum atomic E-state index is 12.2. The van der Waals surface area contributed by atoms with Crippen molar-refractivity contribution in [2.45, 2.75) is 58.9 Å². The molecule has 1 aliphatic rings. The molecule has 0 aromatic heterocycles. The molecule has 94 valence electrons. The van der Waals surface area contributed by atoms with Gasteiger partial charge in [0.1, 0.15) is 0 Å². The maximum absolute atomic E-state index is 12.2. The van der Waals surface area contributed by atoms with Gasteiger partial charge in [-0.2, -0.15) is 0 Å². The van der Waals surface area contributed by atoms with Crippen LogP contribution in [0.2, 0.25) is 0 Å². The van der Waals surface area contributed by atoms with Gasteiger partial charge in [0.25, 0.3) is 0 Å². The van der Waals surface area contributed by atoms with Crippen LogP contribution < -0.4 is 5.73 Å². The van der Waals surface area contributed by atoms with E-state index in [-0.39, 0.29) is 5.41 Å². The monoisotopic (exact) mass is 226 g/mol. The molecule has 0 aromatic rings. The van der Waals surface area contributed by atoms with E-state index in [2.05, 4.69) is 25.7 Å². The van der Waals surface area contributed by atoms with Gasteiger partial charge in [0.05, 0.1) is 0 Å². The molecule has 0 radical (unpaired) electrons. The molecule has 1 rings (SSSR count). The van der Waals surface area contributed by atoms with Gasteiger partial charge in [0, 0.05) is 19.0 Å². The van der Waals surface area contributed by atoms with Gasteiger partial charge in [0.2, 0.25) is 5.91 Å². The van der Waals surface area contributed by atoms with E-state index in [4.69, 9.17) is 5.73 Å². The normalized spacial score (nSPS) is 22.2. The predicted octanol–water partition coefficient (Wildman–Crippen LogP) is 2.15. The highest BCUT2D eigenvalue weighted by atomic mass is 16.2. The fourth-order valence-electron chi connectivity index (χ4n) is 2.38. The first kappa shape index (κ1) is 13.5. The summed E-state index contributed by atoms with van der Waals surface area (Å²) in [6.07, 6.45) is 5.12. The molecule has 1 atom stereocenters. The van der Waals surface area contributed by atoms with Crippen LogP contribution in [-0.2, 0) is 4.79 Å². The van der Waals surface area contributed by atoms with Gasteiger partial charge >= 0.3 is 0 Å². The zero-order valence-corrected chi connectivity index (χ0v) is 11.0. The summed E-state index contributed by atoms with van der Waals surface area (Å²) in [6, 6.07) is 0.397. The van der Waals surface area contributed by atoms with Gasteiger partial charge < -0.3 is 10.6 Å². The molecule has 0 aliphatic carbocycles. The zero-order chi connectivity index (χ0) is 12.2. The second kappa shape index (κ2) is 5.67. The van der Waals surface area contributed by atoms with Gasteiger partial charge in [-0.3, -0.25) is 4.79 Å². The van der Waals surface area contributed by atoms with Crippen molar-refractivity contribution in [2.24, 2.45) is 11.1 Å². The van der Waals surface area contributed by atoms with Gasteiger partial charge in [-0.05, 0) is 37.6 Å². The van der Waals surface area contributed by atoms with E-state index in [9.17, 15) is 4.79 Å². The Morgan fingerprint density at radius 2 is 2.06 bits per heavy atom. The van der Waals surface area contributed by atoms with E-state index in [1.165, 1.54) is 6.42 Å². The van der Waals surface area contributed by atoms with Crippen LogP contribution in [0.5, 0.6) is 0 Å². The molecule has 1 amide bonds. The van der Waals surface area contributed by atoms with Crippen LogP contribution >= 0.6 is 0 Å². The van der Waals surface area contributed by atoms with Gasteiger partial charge in [0.15, 0.2) is 0 Å². The smallest absolute Gasteiger partial charge is 0.223 e. The van der Waals surface area contributed by atoms with Gasteiger partial charge in [-0.1, -0.05) is 20.8 Å². The summed E-state index contributed by atoms with van der Waals surface area (Å²) in [5, 5.41) is 0. The molecule has 1 aliphatic heterocycles. The number of likely N-dealkylation sites (tertiary alicyclic amines) is 1. The Hall–Kier alpha value is -0.570. The molecular weight excluding hydrogens is 200 g/mol. The van der Waals surface area contributed by atoms with Crippen molar-refractivity contribution < 1.29 is 4.79 Å². The number of nitrogens with zero attached hydrogens (tertiary/aromatic N) is 1. The average molecular weight is 226 g/mol. The Labute approximate surface area is 99.4 Å². The third kappa shape index (κ3) is 4.12. The Morgan fingerprint density at radius 3 is 2.62 bits per heavy atom. The quantitative estimate of drug-likeness (QED) is 0.801. The second-order valence-electron chi connectivity index (χ2n) is 6.05. The summed E-state index contributed by atoms with van der Waals surface area (Å²) < 4.78 is 0. The molecule has 0 saturated carbocycles. The van der Waals surface area contributed by atoms with Gasteiger partial charge in [-0.25, -0.2) is 0 Å². The predicted molar refractivity (Wildman–Crippen MR) is 67.1 cm³/mol. The molecule has 3 nitrogen and oxygen atoms in total. The van der Waals surface area contributed by atoms with Crippen molar-refractivity contribution in [2.75, 3.05) is 13.1 Å². The van der Waals surface area contributed by atoms with E-state index < -0.39 is 0 Å². The fourth-order valence-corrected chi connectivity index (χ4v) is 2.38. The SMILES string of the molecule is CC(C)(C)CC(=O)N1CCCCC1CCN. The lowest BCUT2D eigenvalue weighted by Crippen LogP contribution is -2.45. The molecule has 2 N–H and O–H groups in total. The molecular formula is C13H26N2O. The first-order chi connectivity index (χ1) is 7.44. The third-order valence-corrected chi connectivity index (χ3v) is 3.13. The minimum absolute atomic E-state index is 0.0851. The largest absolute Gasteiger partial charge is 0.340 e. The number of amides is 1.